The molecule has 1 aromatic carbocycles. The minimum atomic E-state index is -3.69. The second-order valence-electron chi connectivity index (χ2n) is 4.57. The third kappa shape index (κ3) is 3.50. The summed E-state index contributed by atoms with van der Waals surface area (Å²) in [5.41, 5.74) is 0.492. The summed E-state index contributed by atoms with van der Waals surface area (Å²) in [5, 5.41) is 0.389. The quantitative estimate of drug-likeness (QED) is 0.779. The summed E-state index contributed by atoms with van der Waals surface area (Å²) in [6.45, 7) is 3.30. The Morgan fingerprint density at radius 2 is 2.05 bits per heavy atom. The first-order valence-corrected chi connectivity index (χ1v) is 7.83. The van der Waals surface area contributed by atoms with Gasteiger partial charge in [-0.25, -0.2) is 12.7 Å². The number of hydrogen-bond acceptors (Lipinski definition) is 4. The van der Waals surface area contributed by atoms with E-state index in [4.69, 9.17) is 11.6 Å². The van der Waals surface area contributed by atoms with E-state index in [1.807, 2.05) is 0 Å². The number of halogens is 1. The average Bonchev–Trinajstić information content (AvgIpc) is 2.40. The number of esters is 1. The number of rotatable bonds is 5. The van der Waals surface area contributed by atoms with Crippen LogP contribution in [0.4, 0.5) is 0 Å². The SMILES string of the molecule is COC(=O)C(C)CN(C)S(=O)(=O)c1cccc(Cl)c1C. The number of benzene rings is 1. The monoisotopic (exact) mass is 319 g/mol. The Hall–Kier alpha value is -1.11. The van der Waals surface area contributed by atoms with Gasteiger partial charge >= 0.3 is 5.97 Å². The second-order valence-corrected chi connectivity index (χ2v) is 6.99. The van der Waals surface area contributed by atoms with Gasteiger partial charge in [0, 0.05) is 18.6 Å². The van der Waals surface area contributed by atoms with Crippen molar-refractivity contribution in [3.63, 3.8) is 0 Å². The molecule has 0 aliphatic rings. The van der Waals surface area contributed by atoms with Gasteiger partial charge in [0.15, 0.2) is 0 Å². The van der Waals surface area contributed by atoms with Gasteiger partial charge in [-0.2, -0.15) is 0 Å². The van der Waals surface area contributed by atoms with Gasteiger partial charge in [-0.1, -0.05) is 24.6 Å². The van der Waals surface area contributed by atoms with Gasteiger partial charge < -0.3 is 4.74 Å². The zero-order chi connectivity index (χ0) is 15.5. The number of sulfonamides is 1. The van der Waals surface area contributed by atoms with E-state index in [0.717, 1.165) is 4.31 Å². The first-order valence-electron chi connectivity index (χ1n) is 6.01. The van der Waals surface area contributed by atoms with Crippen LogP contribution in [0.25, 0.3) is 0 Å². The topological polar surface area (TPSA) is 63.7 Å². The van der Waals surface area contributed by atoms with Crippen LogP contribution in [0.5, 0.6) is 0 Å². The molecule has 0 N–H and O–H groups in total. The predicted octanol–water partition coefficient (Wildman–Crippen LogP) is 2.08. The summed E-state index contributed by atoms with van der Waals surface area (Å²) in [7, 11) is -0.990. The summed E-state index contributed by atoms with van der Waals surface area (Å²) in [5.74, 6) is -0.992. The maximum absolute atomic E-state index is 12.5. The Labute approximate surface area is 124 Å². The molecule has 0 spiro atoms. The molecule has 0 aliphatic carbocycles. The fourth-order valence-electron chi connectivity index (χ4n) is 1.79. The van der Waals surface area contributed by atoms with E-state index < -0.39 is 21.9 Å². The van der Waals surface area contributed by atoms with E-state index in [9.17, 15) is 13.2 Å². The molecule has 0 aliphatic heterocycles. The van der Waals surface area contributed by atoms with E-state index in [2.05, 4.69) is 4.74 Å². The molecule has 0 saturated heterocycles. The highest BCUT2D eigenvalue weighted by Gasteiger charge is 2.27. The van der Waals surface area contributed by atoms with Crippen molar-refractivity contribution >= 4 is 27.6 Å². The van der Waals surface area contributed by atoms with Crippen molar-refractivity contribution in [2.24, 2.45) is 5.92 Å². The smallest absolute Gasteiger partial charge is 0.309 e. The first-order chi connectivity index (χ1) is 9.21. The summed E-state index contributed by atoms with van der Waals surface area (Å²) in [6, 6.07) is 4.71. The third-order valence-electron chi connectivity index (χ3n) is 3.04. The van der Waals surface area contributed by atoms with Gasteiger partial charge in [0.05, 0.1) is 17.9 Å². The Bertz CT molecular complexity index is 600. The molecule has 1 rings (SSSR count). The maximum atomic E-state index is 12.5. The lowest BCUT2D eigenvalue weighted by atomic mass is 10.2. The molecule has 1 atom stereocenters. The van der Waals surface area contributed by atoms with Crippen molar-refractivity contribution in [1.29, 1.82) is 0 Å². The van der Waals surface area contributed by atoms with Gasteiger partial charge in [-0.3, -0.25) is 4.79 Å². The van der Waals surface area contributed by atoms with E-state index in [0.29, 0.717) is 10.6 Å². The van der Waals surface area contributed by atoms with Gasteiger partial charge in [-0.05, 0) is 24.6 Å². The van der Waals surface area contributed by atoms with Crippen molar-refractivity contribution in [2.45, 2.75) is 18.7 Å². The van der Waals surface area contributed by atoms with Crippen LogP contribution in [-0.2, 0) is 19.6 Å². The van der Waals surface area contributed by atoms with Crippen molar-refractivity contribution in [3.8, 4) is 0 Å². The molecular weight excluding hydrogens is 302 g/mol. The Balaban J connectivity index is 3.05. The molecule has 7 heteroatoms. The number of ether oxygens (including phenoxy) is 1. The van der Waals surface area contributed by atoms with Crippen LogP contribution >= 0.6 is 11.6 Å². The second kappa shape index (κ2) is 6.56. The number of methoxy groups -OCH3 is 1. The fraction of sp³-hybridized carbons (Fsp3) is 0.462. The van der Waals surface area contributed by atoms with Crippen LogP contribution in [0.2, 0.25) is 5.02 Å². The van der Waals surface area contributed by atoms with Gasteiger partial charge in [0.2, 0.25) is 10.0 Å². The maximum Gasteiger partial charge on any atom is 0.309 e. The van der Waals surface area contributed by atoms with Crippen LogP contribution in [0.1, 0.15) is 12.5 Å². The minimum Gasteiger partial charge on any atom is -0.469 e. The number of carbonyl (C=O) groups excluding carboxylic acids is 1. The molecule has 0 saturated carbocycles. The van der Waals surface area contributed by atoms with Crippen LogP contribution in [0, 0.1) is 12.8 Å². The molecule has 1 aromatic rings. The number of nitrogens with zero attached hydrogens (tertiary/aromatic N) is 1. The molecule has 0 fully saturated rings. The Kier molecular flexibility index (Phi) is 5.56. The van der Waals surface area contributed by atoms with Crippen molar-refractivity contribution in [1.82, 2.24) is 4.31 Å². The molecule has 112 valence electrons. The van der Waals surface area contributed by atoms with Crippen LogP contribution in [0.3, 0.4) is 0 Å². The van der Waals surface area contributed by atoms with E-state index in [1.165, 1.54) is 20.2 Å². The van der Waals surface area contributed by atoms with Gasteiger partial charge in [0.1, 0.15) is 0 Å². The molecule has 0 radical (unpaired) electrons. The van der Waals surface area contributed by atoms with Crippen LogP contribution < -0.4 is 0 Å². The molecular formula is C13H18ClNO4S. The molecule has 0 bridgehead atoms. The lowest BCUT2D eigenvalue weighted by Crippen LogP contribution is -2.34. The number of hydrogen-bond donors (Lipinski definition) is 0. The fourth-order valence-corrected chi connectivity index (χ4v) is 3.53. The third-order valence-corrected chi connectivity index (χ3v) is 5.42. The highest BCUT2D eigenvalue weighted by atomic mass is 35.5. The average molecular weight is 320 g/mol. The van der Waals surface area contributed by atoms with E-state index in [1.54, 1.807) is 26.0 Å². The molecule has 0 aromatic heterocycles. The van der Waals surface area contributed by atoms with Crippen LogP contribution in [0.15, 0.2) is 23.1 Å². The lowest BCUT2D eigenvalue weighted by Gasteiger charge is -2.21. The highest BCUT2D eigenvalue weighted by molar-refractivity contribution is 7.89. The van der Waals surface area contributed by atoms with Gasteiger partial charge in [0.25, 0.3) is 0 Å². The standard InChI is InChI=1S/C13H18ClNO4S/c1-9(13(16)19-4)8-15(3)20(17,18)12-7-5-6-11(14)10(12)2/h5-7,9H,8H2,1-4H3. The summed E-state index contributed by atoms with van der Waals surface area (Å²) < 4.78 is 30.7. The van der Waals surface area contributed by atoms with Crippen molar-refractivity contribution in [2.75, 3.05) is 20.7 Å². The Morgan fingerprint density at radius 3 is 2.60 bits per heavy atom. The predicted molar refractivity (Wildman–Crippen MR) is 77.2 cm³/mol. The summed E-state index contributed by atoms with van der Waals surface area (Å²) in [4.78, 5) is 11.5. The van der Waals surface area contributed by atoms with E-state index >= 15 is 0 Å². The number of carbonyl (C=O) groups is 1. The highest BCUT2D eigenvalue weighted by Crippen LogP contribution is 2.25. The normalized spacial score (nSPS) is 13.3. The van der Waals surface area contributed by atoms with Crippen LogP contribution in [-0.4, -0.2) is 39.4 Å². The first kappa shape index (κ1) is 16.9. The van der Waals surface area contributed by atoms with Crippen molar-refractivity contribution < 1.29 is 17.9 Å². The molecule has 0 amide bonds. The Morgan fingerprint density at radius 1 is 1.45 bits per heavy atom. The molecule has 5 nitrogen and oxygen atoms in total. The summed E-state index contributed by atoms with van der Waals surface area (Å²) in [6.07, 6.45) is 0. The van der Waals surface area contributed by atoms with Gasteiger partial charge in [-0.15, -0.1) is 0 Å². The molecule has 1 unspecified atom stereocenters. The molecule has 0 heterocycles. The van der Waals surface area contributed by atoms with Crippen molar-refractivity contribution in [3.05, 3.63) is 28.8 Å². The largest absolute Gasteiger partial charge is 0.469 e. The zero-order valence-corrected chi connectivity index (χ0v) is 13.5. The zero-order valence-electron chi connectivity index (χ0n) is 11.9. The minimum absolute atomic E-state index is 0.0426. The van der Waals surface area contributed by atoms with E-state index in [-0.39, 0.29) is 11.4 Å². The summed E-state index contributed by atoms with van der Waals surface area (Å²) >= 11 is 5.95. The lowest BCUT2D eigenvalue weighted by molar-refractivity contribution is -0.144. The molecule has 20 heavy (non-hydrogen) atoms.